The van der Waals surface area contributed by atoms with E-state index in [-0.39, 0.29) is 23.6 Å². The molecule has 2 saturated heterocycles. The number of nitrogens with one attached hydrogen (secondary N) is 3. The molecule has 5 N–H and O–H groups in total. The van der Waals surface area contributed by atoms with Gasteiger partial charge in [-0.05, 0) is 43.0 Å². The number of fused-ring (bicyclic) bond motifs is 2. The van der Waals surface area contributed by atoms with E-state index in [4.69, 9.17) is 15.9 Å². The number of ether oxygens (including phenoxy) is 1. The van der Waals surface area contributed by atoms with Crippen molar-refractivity contribution in [2.45, 2.75) is 44.9 Å². The van der Waals surface area contributed by atoms with E-state index in [2.05, 4.69) is 17.6 Å². The molecule has 2 bridgehead atoms. The van der Waals surface area contributed by atoms with Crippen molar-refractivity contribution >= 4 is 17.3 Å². The van der Waals surface area contributed by atoms with Crippen LogP contribution in [0.3, 0.4) is 0 Å². The van der Waals surface area contributed by atoms with Crippen LogP contribution >= 0.6 is 0 Å². The van der Waals surface area contributed by atoms with Crippen molar-refractivity contribution in [3.05, 3.63) is 41.1 Å². The Kier molecular flexibility index (Phi) is 4.32. The van der Waals surface area contributed by atoms with Crippen molar-refractivity contribution in [2.24, 2.45) is 17.6 Å². The van der Waals surface area contributed by atoms with E-state index in [1.54, 1.807) is 6.92 Å². The molecule has 2 heterocycles. The van der Waals surface area contributed by atoms with Gasteiger partial charge in [0.2, 0.25) is 0 Å². The van der Waals surface area contributed by atoms with E-state index in [9.17, 15) is 4.79 Å². The van der Waals surface area contributed by atoms with E-state index in [0.717, 1.165) is 24.9 Å². The van der Waals surface area contributed by atoms with Crippen LogP contribution in [0.25, 0.3) is 0 Å². The van der Waals surface area contributed by atoms with Crippen molar-refractivity contribution in [1.82, 2.24) is 5.32 Å². The minimum absolute atomic E-state index is 0.0692. The Morgan fingerprint density at radius 1 is 1.31 bits per heavy atom. The second-order valence-electron chi connectivity index (χ2n) is 7.69. The minimum Gasteiger partial charge on any atom is -0.394 e. The van der Waals surface area contributed by atoms with Crippen LogP contribution in [0.2, 0.25) is 0 Å². The van der Waals surface area contributed by atoms with Gasteiger partial charge in [0.15, 0.2) is 0 Å². The summed E-state index contributed by atoms with van der Waals surface area (Å²) in [7, 11) is 0. The lowest BCUT2D eigenvalue weighted by Gasteiger charge is -2.24. The Balaban J connectivity index is 1.42. The SMILES string of the molecule is C/C(C(=N)C1CC1)=C(/N)C(=O)Nc1ccc([C@@H]2O[C@H]3CN[C@@H]2[C@@H]3C)cc1. The standard InChI is InChI=1S/C20H26N4O2/c1-10-15-9-23-18(10)19(26-15)13-5-7-14(8-6-13)24-20(25)17(22)11(2)16(21)12-3-4-12/h5-8,10,12,15,18-19,21,23H,3-4,9,22H2,1-2H3,(H,24,25)/b17-11-,21-16?/t10-,15+,18-,19+/m1/s1. The van der Waals surface area contributed by atoms with Crippen LogP contribution in [-0.2, 0) is 9.53 Å². The average molecular weight is 354 g/mol. The molecule has 4 rings (SSSR count). The number of hydrogen-bond acceptors (Lipinski definition) is 5. The molecule has 1 amide bonds. The van der Waals surface area contributed by atoms with E-state index in [1.807, 2.05) is 24.3 Å². The van der Waals surface area contributed by atoms with Crippen LogP contribution < -0.4 is 16.4 Å². The summed E-state index contributed by atoms with van der Waals surface area (Å²) in [5, 5.41) is 14.4. The zero-order chi connectivity index (χ0) is 18.4. The molecule has 3 aliphatic rings. The lowest BCUT2D eigenvalue weighted by molar-refractivity contribution is -0.112. The molecule has 2 aliphatic heterocycles. The van der Waals surface area contributed by atoms with Gasteiger partial charge in [0.25, 0.3) is 5.91 Å². The number of hydrogen-bond donors (Lipinski definition) is 4. The fourth-order valence-electron chi connectivity index (χ4n) is 3.92. The Morgan fingerprint density at radius 3 is 2.54 bits per heavy atom. The number of amides is 1. The minimum atomic E-state index is -0.355. The van der Waals surface area contributed by atoms with Gasteiger partial charge in [0.1, 0.15) is 5.70 Å². The van der Waals surface area contributed by atoms with Gasteiger partial charge in [0.05, 0.1) is 12.2 Å². The maximum Gasteiger partial charge on any atom is 0.271 e. The highest BCUT2D eigenvalue weighted by Gasteiger charge is 2.47. The van der Waals surface area contributed by atoms with Gasteiger partial charge in [-0.15, -0.1) is 0 Å². The van der Waals surface area contributed by atoms with Crippen LogP contribution in [0, 0.1) is 17.2 Å². The number of rotatable bonds is 5. The van der Waals surface area contributed by atoms with E-state index >= 15 is 0 Å². The predicted octanol–water partition coefficient (Wildman–Crippen LogP) is 2.34. The Hall–Kier alpha value is -2.18. The molecule has 6 nitrogen and oxygen atoms in total. The maximum atomic E-state index is 12.4. The van der Waals surface area contributed by atoms with E-state index < -0.39 is 0 Å². The first-order valence-corrected chi connectivity index (χ1v) is 9.31. The van der Waals surface area contributed by atoms with Gasteiger partial charge in [-0.2, -0.15) is 0 Å². The highest BCUT2D eigenvalue weighted by molar-refractivity contribution is 6.11. The normalized spacial score (nSPS) is 30.8. The van der Waals surface area contributed by atoms with Crippen LogP contribution in [0.5, 0.6) is 0 Å². The van der Waals surface area contributed by atoms with Crippen LogP contribution in [-0.4, -0.2) is 30.3 Å². The Bertz CT molecular complexity index is 767. The quantitative estimate of drug-likeness (QED) is 0.482. The summed E-state index contributed by atoms with van der Waals surface area (Å²) in [6.07, 6.45) is 2.40. The Morgan fingerprint density at radius 2 is 2.00 bits per heavy atom. The van der Waals surface area contributed by atoms with E-state index in [0.29, 0.717) is 35.0 Å². The molecule has 6 heteroatoms. The summed E-state index contributed by atoms with van der Waals surface area (Å²) in [4.78, 5) is 12.4. The Labute approximate surface area is 153 Å². The van der Waals surface area contributed by atoms with Crippen LogP contribution in [0.15, 0.2) is 35.5 Å². The fourth-order valence-corrected chi connectivity index (χ4v) is 3.92. The first-order valence-electron chi connectivity index (χ1n) is 9.31. The summed E-state index contributed by atoms with van der Waals surface area (Å²) in [5.74, 6) is 0.444. The summed E-state index contributed by atoms with van der Waals surface area (Å²) in [6, 6.07) is 8.10. The largest absolute Gasteiger partial charge is 0.394 e. The number of morpholine rings is 1. The molecule has 1 aromatic carbocycles. The predicted molar refractivity (Wildman–Crippen MR) is 101 cm³/mol. The third-order valence-electron chi connectivity index (χ3n) is 5.89. The molecule has 1 saturated carbocycles. The molecular formula is C20H26N4O2. The van der Waals surface area contributed by atoms with E-state index in [1.165, 1.54) is 0 Å². The highest BCUT2D eigenvalue weighted by Crippen LogP contribution is 2.41. The number of allylic oxidation sites excluding steroid dienone is 1. The third-order valence-corrected chi connectivity index (χ3v) is 5.89. The van der Waals surface area contributed by atoms with Gasteiger partial charge >= 0.3 is 0 Å². The van der Waals surface area contributed by atoms with Gasteiger partial charge in [-0.25, -0.2) is 0 Å². The molecular weight excluding hydrogens is 328 g/mol. The second-order valence-corrected chi connectivity index (χ2v) is 7.69. The molecule has 138 valence electrons. The first kappa shape index (κ1) is 17.2. The molecule has 26 heavy (non-hydrogen) atoms. The van der Waals surface area contributed by atoms with Gasteiger partial charge < -0.3 is 26.5 Å². The van der Waals surface area contributed by atoms with Crippen LogP contribution in [0.1, 0.15) is 38.4 Å². The lowest BCUT2D eigenvalue weighted by atomic mass is 9.96. The summed E-state index contributed by atoms with van der Waals surface area (Å²) >= 11 is 0. The van der Waals surface area contributed by atoms with Gasteiger partial charge in [0, 0.05) is 35.8 Å². The highest BCUT2D eigenvalue weighted by atomic mass is 16.5. The van der Waals surface area contributed by atoms with Gasteiger partial charge in [-0.3, -0.25) is 4.79 Å². The summed E-state index contributed by atoms with van der Waals surface area (Å²) in [5.41, 5.74) is 8.96. The number of carbonyl (C=O) groups is 1. The second kappa shape index (κ2) is 6.52. The molecule has 0 radical (unpaired) electrons. The smallest absolute Gasteiger partial charge is 0.271 e. The summed E-state index contributed by atoms with van der Waals surface area (Å²) in [6.45, 7) is 4.90. The third kappa shape index (κ3) is 3.04. The molecule has 3 fully saturated rings. The number of nitrogens with two attached hydrogens (primary N) is 1. The van der Waals surface area contributed by atoms with Crippen LogP contribution in [0.4, 0.5) is 5.69 Å². The van der Waals surface area contributed by atoms with Crippen molar-refractivity contribution in [3.8, 4) is 0 Å². The number of benzene rings is 1. The molecule has 0 unspecified atom stereocenters. The van der Waals surface area contributed by atoms with Crippen molar-refractivity contribution in [1.29, 1.82) is 5.41 Å². The molecule has 0 aromatic heterocycles. The summed E-state index contributed by atoms with van der Waals surface area (Å²) < 4.78 is 6.10. The monoisotopic (exact) mass is 354 g/mol. The number of carbonyl (C=O) groups excluding carboxylic acids is 1. The lowest BCUT2D eigenvalue weighted by Crippen LogP contribution is -2.34. The zero-order valence-electron chi connectivity index (χ0n) is 15.2. The van der Waals surface area contributed by atoms with Gasteiger partial charge in [-0.1, -0.05) is 19.1 Å². The molecule has 4 atom stereocenters. The molecule has 1 aliphatic carbocycles. The molecule has 1 aromatic rings. The topological polar surface area (TPSA) is 100 Å². The van der Waals surface area contributed by atoms with Crippen molar-refractivity contribution in [3.63, 3.8) is 0 Å². The zero-order valence-corrected chi connectivity index (χ0v) is 15.2. The molecule has 0 spiro atoms. The fraction of sp³-hybridized carbons (Fsp3) is 0.500. The average Bonchev–Trinajstić information content (AvgIpc) is 3.40. The first-order chi connectivity index (χ1) is 12.5. The van der Waals surface area contributed by atoms with Crippen molar-refractivity contribution in [2.75, 3.05) is 11.9 Å². The van der Waals surface area contributed by atoms with Crippen molar-refractivity contribution < 1.29 is 9.53 Å². The number of anilines is 1. The maximum absolute atomic E-state index is 12.4.